The Morgan fingerprint density at radius 3 is 1.80 bits per heavy atom. The predicted octanol–water partition coefficient (Wildman–Crippen LogP) is 7.43. The SMILES string of the molecule is CC1(C)OB(CCCCC(NC(c2ccccc2)(c2ccccc2)c2ccccc2)c2nnnn2CC(=O)NCc2c(F)c(F)cc(F)c2F)OC1(C)C. The number of nitrogens with zero attached hydrogens (tertiary/aromatic N) is 4. The molecule has 5 aromatic rings. The fourth-order valence-electron chi connectivity index (χ4n) is 6.81. The number of aromatic nitrogens is 4. The number of hydrogen-bond donors (Lipinski definition) is 2. The van der Waals surface area contributed by atoms with Crippen molar-refractivity contribution in [2.45, 2.75) is 89.1 Å². The molecule has 1 aliphatic rings. The summed E-state index contributed by atoms with van der Waals surface area (Å²) in [5.41, 5.74) is 0.0954. The van der Waals surface area contributed by atoms with Crippen LogP contribution >= 0.6 is 0 Å². The fourth-order valence-corrected chi connectivity index (χ4v) is 6.81. The van der Waals surface area contributed by atoms with E-state index in [1.807, 2.05) is 119 Å². The largest absolute Gasteiger partial charge is 0.457 e. The van der Waals surface area contributed by atoms with Crippen LogP contribution in [0, 0.1) is 23.3 Å². The third kappa shape index (κ3) is 8.10. The molecule has 1 fully saturated rings. The van der Waals surface area contributed by atoms with Gasteiger partial charge in [-0.25, -0.2) is 22.2 Å². The van der Waals surface area contributed by atoms with Gasteiger partial charge in [0.1, 0.15) is 6.54 Å². The zero-order valence-corrected chi connectivity index (χ0v) is 30.7. The maximum atomic E-state index is 14.3. The van der Waals surface area contributed by atoms with E-state index in [2.05, 4.69) is 26.2 Å². The molecule has 1 aromatic heterocycles. The lowest BCUT2D eigenvalue weighted by Gasteiger charge is -2.40. The van der Waals surface area contributed by atoms with Crippen LogP contribution in [0.3, 0.4) is 0 Å². The van der Waals surface area contributed by atoms with E-state index in [0.717, 1.165) is 23.1 Å². The van der Waals surface area contributed by atoms with Gasteiger partial charge in [0, 0.05) is 18.2 Å². The Morgan fingerprint density at radius 1 is 0.796 bits per heavy atom. The van der Waals surface area contributed by atoms with Gasteiger partial charge in [0.15, 0.2) is 29.1 Å². The molecule has 1 aliphatic heterocycles. The minimum Gasteiger partial charge on any atom is -0.403 e. The van der Waals surface area contributed by atoms with Gasteiger partial charge in [0.05, 0.1) is 22.8 Å². The van der Waals surface area contributed by atoms with Crippen molar-refractivity contribution in [2.24, 2.45) is 0 Å². The molecule has 1 amide bonds. The number of halogens is 4. The second-order valence-corrected chi connectivity index (χ2v) is 14.4. The molecule has 0 saturated carbocycles. The van der Waals surface area contributed by atoms with E-state index in [4.69, 9.17) is 9.31 Å². The Balaban J connectivity index is 1.32. The number of carbonyl (C=O) groups is 1. The molecule has 282 valence electrons. The van der Waals surface area contributed by atoms with Crippen molar-refractivity contribution < 1.29 is 31.7 Å². The molecule has 0 bridgehead atoms. The molecule has 1 saturated heterocycles. The van der Waals surface area contributed by atoms with Crippen LogP contribution in [0.1, 0.15) is 81.1 Å². The lowest BCUT2D eigenvalue weighted by atomic mass is 9.76. The third-order valence-electron chi connectivity index (χ3n) is 10.3. The molecule has 1 unspecified atom stereocenters. The summed E-state index contributed by atoms with van der Waals surface area (Å²) in [5, 5.41) is 18.7. The number of hydrogen-bond acceptors (Lipinski definition) is 7. The summed E-state index contributed by atoms with van der Waals surface area (Å²) in [6.45, 7) is 6.84. The topological polar surface area (TPSA) is 103 Å². The molecule has 9 nitrogen and oxygen atoms in total. The van der Waals surface area contributed by atoms with Crippen LogP contribution in [0.25, 0.3) is 0 Å². The summed E-state index contributed by atoms with van der Waals surface area (Å²) >= 11 is 0. The fraction of sp³-hybridized carbons (Fsp3) is 0.350. The smallest absolute Gasteiger partial charge is 0.403 e. The molecule has 0 aliphatic carbocycles. The number of carbonyl (C=O) groups excluding carboxylic acids is 1. The third-order valence-corrected chi connectivity index (χ3v) is 10.3. The van der Waals surface area contributed by atoms with Gasteiger partial charge >= 0.3 is 7.12 Å². The Labute approximate surface area is 312 Å². The highest BCUT2D eigenvalue weighted by molar-refractivity contribution is 6.45. The summed E-state index contributed by atoms with van der Waals surface area (Å²) in [6.07, 6.45) is 2.61. The average molecular weight is 743 g/mol. The van der Waals surface area contributed by atoms with Crippen LogP contribution in [-0.2, 0) is 32.7 Å². The molecule has 0 spiro atoms. The van der Waals surface area contributed by atoms with Crippen LogP contribution in [0.5, 0.6) is 0 Å². The molecule has 14 heteroatoms. The Hall–Kier alpha value is -4.92. The summed E-state index contributed by atoms with van der Waals surface area (Å²) in [4.78, 5) is 13.2. The Kier molecular flexibility index (Phi) is 11.6. The van der Waals surface area contributed by atoms with Gasteiger partial charge in [-0.15, -0.1) is 5.10 Å². The Morgan fingerprint density at radius 2 is 1.30 bits per heavy atom. The maximum Gasteiger partial charge on any atom is 0.457 e. The van der Waals surface area contributed by atoms with Crippen molar-refractivity contribution in [3.05, 3.63) is 148 Å². The number of benzene rings is 4. The zero-order valence-electron chi connectivity index (χ0n) is 30.7. The van der Waals surface area contributed by atoms with Gasteiger partial charge < -0.3 is 14.6 Å². The average Bonchev–Trinajstić information content (AvgIpc) is 3.70. The van der Waals surface area contributed by atoms with Crippen molar-refractivity contribution in [2.75, 3.05) is 0 Å². The van der Waals surface area contributed by atoms with Gasteiger partial charge in [0.2, 0.25) is 5.91 Å². The quantitative estimate of drug-likeness (QED) is 0.0378. The zero-order chi connectivity index (χ0) is 38.5. The predicted molar refractivity (Wildman–Crippen MR) is 196 cm³/mol. The molecule has 2 heterocycles. The van der Waals surface area contributed by atoms with E-state index in [1.165, 1.54) is 4.68 Å². The molecular weight excluding hydrogens is 699 g/mol. The monoisotopic (exact) mass is 742 g/mol. The number of amides is 1. The number of tetrazole rings is 1. The van der Waals surface area contributed by atoms with Gasteiger partial charge in [-0.1, -0.05) is 104 Å². The van der Waals surface area contributed by atoms with E-state index >= 15 is 0 Å². The second kappa shape index (κ2) is 16.2. The van der Waals surface area contributed by atoms with Crippen molar-refractivity contribution >= 4 is 13.0 Å². The first-order valence-corrected chi connectivity index (χ1v) is 18.0. The van der Waals surface area contributed by atoms with Gasteiger partial charge in [-0.05, 0) is 67.6 Å². The second-order valence-electron chi connectivity index (χ2n) is 14.4. The molecule has 1 atom stereocenters. The van der Waals surface area contributed by atoms with Gasteiger partial charge in [-0.2, -0.15) is 0 Å². The first-order valence-electron chi connectivity index (χ1n) is 18.0. The minimum absolute atomic E-state index is 0.117. The Bertz CT molecular complexity index is 1900. The summed E-state index contributed by atoms with van der Waals surface area (Å²) in [5.74, 6) is -6.68. The molecular formula is C40H43BF4N6O3. The molecule has 2 N–H and O–H groups in total. The van der Waals surface area contributed by atoms with Crippen LogP contribution in [0.4, 0.5) is 17.6 Å². The highest BCUT2D eigenvalue weighted by Crippen LogP contribution is 2.41. The van der Waals surface area contributed by atoms with Crippen LogP contribution < -0.4 is 10.6 Å². The van der Waals surface area contributed by atoms with Crippen molar-refractivity contribution in [1.29, 1.82) is 0 Å². The summed E-state index contributed by atoms with van der Waals surface area (Å²) in [7, 11) is -0.367. The van der Waals surface area contributed by atoms with Gasteiger partial charge in [0.25, 0.3) is 0 Å². The minimum atomic E-state index is -1.58. The summed E-state index contributed by atoms with van der Waals surface area (Å²) in [6, 6.07) is 29.5. The number of rotatable bonds is 15. The van der Waals surface area contributed by atoms with Crippen LogP contribution in [0.2, 0.25) is 6.32 Å². The number of unbranched alkanes of at least 4 members (excludes halogenated alkanes) is 1. The van der Waals surface area contributed by atoms with E-state index in [0.29, 0.717) is 25.0 Å². The first-order chi connectivity index (χ1) is 25.8. The molecule has 54 heavy (non-hydrogen) atoms. The van der Waals surface area contributed by atoms with Crippen molar-refractivity contribution in [3.8, 4) is 0 Å². The maximum absolute atomic E-state index is 14.3. The highest BCUT2D eigenvalue weighted by atomic mass is 19.2. The standard InChI is InChI=1S/C40H43BF4N6O3/c1-38(2)39(3,4)54-41(53-38)23-15-14-22-33(37-48-49-50-51(37)26-34(52)46-25-30-35(44)31(42)24-32(43)36(30)45)47-40(27-16-8-5-9-17-27,28-18-10-6-11-19-28)29-20-12-7-13-21-29/h5-13,16-21,24,33,47H,14-15,22-23,25-26H2,1-4H3,(H,46,52). The van der Waals surface area contributed by atoms with Crippen molar-refractivity contribution in [3.63, 3.8) is 0 Å². The van der Waals surface area contributed by atoms with Crippen LogP contribution in [0.15, 0.2) is 97.1 Å². The highest BCUT2D eigenvalue weighted by Gasteiger charge is 2.50. The number of nitrogens with one attached hydrogen (secondary N) is 2. The van der Waals surface area contributed by atoms with Gasteiger partial charge in [-0.3, -0.25) is 10.1 Å². The first kappa shape index (κ1) is 38.8. The molecule has 0 radical (unpaired) electrons. The van der Waals surface area contributed by atoms with E-state index < -0.39 is 70.6 Å². The van der Waals surface area contributed by atoms with E-state index in [9.17, 15) is 22.4 Å². The molecule has 6 rings (SSSR count). The lowest BCUT2D eigenvalue weighted by molar-refractivity contribution is -0.122. The van der Waals surface area contributed by atoms with Crippen molar-refractivity contribution in [1.82, 2.24) is 30.8 Å². The normalized spacial score (nSPS) is 15.7. The molecule has 4 aromatic carbocycles. The lowest BCUT2D eigenvalue weighted by Crippen LogP contribution is -2.47. The summed E-state index contributed by atoms with van der Waals surface area (Å²) < 4.78 is 70.1. The van der Waals surface area contributed by atoms with E-state index in [1.54, 1.807) is 0 Å². The van der Waals surface area contributed by atoms with Crippen LogP contribution in [-0.4, -0.2) is 44.4 Å². The van der Waals surface area contributed by atoms with E-state index in [-0.39, 0.29) is 13.2 Å².